The summed E-state index contributed by atoms with van der Waals surface area (Å²) in [6.07, 6.45) is 4.36. The maximum absolute atomic E-state index is 12.4. The first-order chi connectivity index (χ1) is 12.5. The van der Waals surface area contributed by atoms with Crippen molar-refractivity contribution in [2.45, 2.75) is 38.6 Å². The van der Waals surface area contributed by atoms with Gasteiger partial charge in [-0.15, -0.1) is 0 Å². The van der Waals surface area contributed by atoms with Crippen molar-refractivity contribution in [1.29, 1.82) is 0 Å². The molecule has 0 spiro atoms. The van der Waals surface area contributed by atoms with E-state index in [1.807, 2.05) is 37.4 Å². The Kier molecular flexibility index (Phi) is 5.71. The molecule has 1 aliphatic rings. The molecular formula is C20H25N3O3. The van der Waals surface area contributed by atoms with Crippen LogP contribution >= 0.6 is 0 Å². The average molecular weight is 355 g/mol. The number of hydrogen-bond donors (Lipinski definition) is 1. The summed E-state index contributed by atoms with van der Waals surface area (Å²) in [5.74, 6) is 0.774. The molecule has 2 amide bonds. The van der Waals surface area contributed by atoms with Crippen molar-refractivity contribution in [3.63, 3.8) is 0 Å². The van der Waals surface area contributed by atoms with Crippen molar-refractivity contribution in [2.75, 3.05) is 13.6 Å². The molecule has 138 valence electrons. The van der Waals surface area contributed by atoms with Crippen molar-refractivity contribution < 1.29 is 14.1 Å². The summed E-state index contributed by atoms with van der Waals surface area (Å²) in [5.41, 5.74) is 1.02. The van der Waals surface area contributed by atoms with E-state index in [0.717, 1.165) is 37.2 Å². The van der Waals surface area contributed by atoms with Crippen molar-refractivity contribution in [3.8, 4) is 11.3 Å². The third kappa shape index (κ3) is 4.31. The number of carbonyl (C=O) groups is 2. The lowest BCUT2D eigenvalue weighted by molar-refractivity contribution is -0.131. The van der Waals surface area contributed by atoms with E-state index in [4.69, 9.17) is 4.52 Å². The third-order valence-electron chi connectivity index (χ3n) is 5.13. The third-order valence-corrected chi connectivity index (χ3v) is 5.13. The number of aromatic nitrogens is 1. The molecule has 1 aromatic heterocycles. The molecule has 2 aromatic rings. The monoisotopic (exact) mass is 355 g/mol. The SMILES string of the molecule is CC1CCC(N(C)C(=O)CNC(=O)c2cc(-c3ccccc3)on2)CC1. The van der Waals surface area contributed by atoms with Gasteiger partial charge in [0.1, 0.15) is 0 Å². The van der Waals surface area contributed by atoms with Gasteiger partial charge in [0.25, 0.3) is 5.91 Å². The fraction of sp³-hybridized carbons (Fsp3) is 0.450. The quantitative estimate of drug-likeness (QED) is 0.894. The lowest BCUT2D eigenvalue weighted by Crippen LogP contribution is -2.44. The van der Waals surface area contributed by atoms with Crippen LogP contribution in [0.2, 0.25) is 0 Å². The second kappa shape index (κ2) is 8.17. The van der Waals surface area contributed by atoms with E-state index in [1.165, 1.54) is 0 Å². The zero-order valence-corrected chi connectivity index (χ0v) is 15.3. The first kappa shape index (κ1) is 18.2. The first-order valence-electron chi connectivity index (χ1n) is 9.10. The Bertz CT molecular complexity index is 749. The summed E-state index contributed by atoms with van der Waals surface area (Å²) in [5, 5.41) is 6.44. The topological polar surface area (TPSA) is 75.4 Å². The van der Waals surface area contributed by atoms with Crippen LogP contribution in [0.4, 0.5) is 0 Å². The van der Waals surface area contributed by atoms with Gasteiger partial charge in [-0.3, -0.25) is 9.59 Å². The van der Waals surface area contributed by atoms with Crippen LogP contribution < -0.4 is 5.32 Å². The summed E-state index contributed by atoms with van der Waals surface area (Å²) >= 11 is 0. The number of hydrogen-bond acceptors (Lipinski definition) is 4. The van der Waals surface area contributed by atoms with Gasteiger partial charge in [0.2, 0.25) is 5.91 Å². The van der Waals surface area contributed by atoms with Gasteiger partial charge in [0.05, 0.1) is 6.54 Å². The van der Waals surface area contributed by atoms with Crippen LogP contribution in [0.5, 0.6) is 0 Å². The maximum Gasteiger partial charge on any atom is 0.273 e. The van der Waals surface area contributed by atoms with E-state index >= 15 is 0 Å². The highest BCUT2D eigenvalue weighted by Gasteiger charge is 2.25. The van der Waals surface area contributed by atoms with Gasteiger partial charge < -0.3 is 14.7 Å². The van der Waals surface area contributed by atoms with Gasteiger partial charge in [0.15, 0.2) is 11.5 Å². The molecule has 0 aliphatic heterocycles. The zero-order chi connectivity index (χ0) is 18.5. The molecule has 3 rings (SSSR count). The number of carbonyl (C=O) groups excluding carboxylic acids is 2. The summed E-state index contributed by atoms with van der Waals surface area (Å²) in [4.78, 5) is 26.4. The van der Waals surface area contributed by atoms with Crippen molar-refractivity contribution in [3.05, 3.63) is 42.1 Å². The van der Waals surface area contributed by atoms with Crippen LogP contribution in [0, 0.1) is 5.92 Å². The van der Waals surface area contributed by atoms with Gasteiger partial charge in [0, 0.05) is 24.7 Å². The molecule has 1 N–H and O–H groups in total. The Morgan fingerprint density at radius 1 is 1.19 bits per heavy atom. The van der Waals surface area contributed by atoms with E-state index in [1.54, 1.807) is 11.0 Å². The Labute approximate surface area is 153 Å². The minimum absolute atomic E-state index is 0.0328. The minimum atomic E-state index is -0.407. The number of likely N-dealkylation sites (N-methyl/N-ethyl adjacent to an activating group) is 1. The summed E-state index contributed by atoms with van der Waals surface area (Å²) in [6, 6.07) is 11.3. The van der Waals surface area contributed by atoms with Gasteiger partial charge in [-0.2, -0.15) is 0 Å². The molecule has 0 saturated heterocycles. The number of nitrogens with one attached hydrogen (secondary N) is 1. The largest absolute Gasteiger partial charge is 0.355 e. The van der Waals surface area contributed by atoms with Crippen LogP contribution in [-0.4, -0.2) is 41.5 Å². The van der Waals surface area contributed by atoms with Crippen LogP contribution in [-0.2, 0) is 4.79 Å². The van der Waals surface area contributed by atoms with Gasteiger partial charge in [-0.25, -0.2) is 0 Å². The summed E-state index contributed by atoms with van der Waals surface area (Å²) in [6.45, 7) is 2.22. The molecular weight excluding hydrogens is 330 g/mol. The Morgan fingerprint density at radius 3 is 2.58 bits per heavy atom. The Morgan fingerprint density at radius 2 is 1.88 bits per heavy atom. The summed E-state index contributed by atoms with van der Waals surface area (Å²) < 4.78 is 5.23. The highest BCUT2D eigenvalue weighted by Crippen LogP contribution is 2.26. The molecule has 1 fully saturated rings. The fourth-order valence-corrected chi connectivity index (χ4v) is 3.33. The highest BCUT2D eigenvalue weighted by molar-refractivity contribution is 5.95. The molecule has 1 saturated carbocycles. The number of rotatable bonds is 5. The predicted octanol–water partition coefficient (Wildman–Crippen LogP) is 3.11. The molecule has 0 atom stereocenters. The Hall–Kier alpha value is -2.63. The zero-order valence-electron chi connectivity index (χ0n) is 15.3. The summed E-state index contributed by atoms with van der Waals surface area (Å²) in [7, 11) is 1.82. The molecule has 1 heterocycles. The van der Waals surface area contributed by atoms with Crippen LogP contribution in [0.25, 0.3) is 11.3 Å². The second-order valence-corrected chi connectivity index (χ2v) is 7.04. The average Bonchev–Trinajstić information content (AvgIpc) is 3.17. The van der Waals surface area contributed by atoms with Gasteiger partial charge in [-0.1, -0.05) is 42.4 Å². The van der Waals surface area contributed by atoms with Crippen molar-refractivity contribution >= 4 is 11.8 Å². The Balaban J connectivity index is 1.52. The van der Waals surface area contributed by atoms with Crippen molar-refractivity contribution in [1.82, 2.24) is 15.4 Å². The smallest absolute Gasteiger partial charge is 0.273 e. The van der Waals surface area contributed by atoms with Crippen LogP contribution in [0.15, 0.2) is 40.9 Å². The molecule has 26 heavy (non-hydrogen) atoms. The fourth-order valence-electron chi connectivity index (χ4n) is 3.33. The van der Waals surface area contributed by atoms with Crippen molar-refractivity contribution in [2.24, 2.45) is 5.92 Å². The normalized spacial score (nSPS) is 19.8. The van der Waals surface area contributed by atoms with Crippen LogP contribution in [0.1, 0.15) is 43.1 Å². The van der Waals surface area contributed by atoms with E-state index < -0.39 is 5.91 Å². The van der Waals surface area contributed by atoms with E-state index in [9.17, 15) is 9.59 Å². The second-order valence-electron chi connectivity index (χ2n) is 7.04. The minimum Gasteiger partial charge on any atom is -0.355 e. The standard InChI is InChI=1S/C20H25N3O3/c1-14-8-10-16(11-9-14)23(2)19(24)13-21-20(25)17-12-18(26-22-17)15-6-4-3-5-7-15/h3-7,12,14,16H,8-11,13H2,1-2H3,(H,21,25). The van der Waals surface area contributed by atoms with Crippen LogP contribution in [0.3, 0.4) is 0 Å². The van der Waals surface area contributed by atoms with Gasteiger partial charge >= 0.3 is 0 Å². The molecule has 1 aliphatic carbocycles. The van der Waals surface area contributed by atoms with E-state index in [2.05, 4.69) is 17.4 Å². The molecule has 0 bridgehead atoms. The number of amides is 2. The molecule has 0 unspecified atom stereocenters. The number of benzene rings is 1. The molecule has 6 nitrogen and oxygen atoms in total. The lowest BCUT2D eigenvalue weighted by Gasteiger charge is -2.33. The highest BCUT2D eigenvalue weighted by atomic mass is 16.5. The maximum atomic E-state index is 12.4. The lowest BCUT2D eigenvalue weighted by atomic mass is 9.87. The van der Waals surface area contributed by atoms with E-state index in [-0.39, 0.29) is 24.2 Å². The molecule has 0 radical (unpaired) electrons. The predicted molar refractivity (Wildman–Crippen MR) is 98.5 cm³/mol. The van der Waals surface area contributed by atoms with Gasteiger partial charge in [-0.05, 0) is 31.6 Å². The molecule has 6 heteroatoms. The first-order valence-corrected chi connectivity index (χ1v) is 9.10. The van der Waals surface area contributed by atoms with E-state index in [0.29, 0.717) is 5.76 Å². The molecule has 1 aromatic carbocycles. The number of nitrogens with zero attached hydrogens (tertiary/aromatic N) is 2.